The van der Waals surface area contributed by atoms with Gasteiger partial charge in [-0.05, 0) is 54.4 Å². The third kappa shape index (κ3) is 5.23. The van der Waals surface area contributed by atoms with Gasteiger partial charge in [0.2, 0.25) is 0 Å². The van der Waals surface area contributed by atoms with E-state index in [9.17, 15) is 0 Å². The van der Waals surface area contributed by atoms with E-state index >= 15 is 0 Å². The Morgan fingerprint density at radius 3 is 1.30 bits per heavy atom. The molecule has 2 aromatic carbocycles. The number of aryl methyl sites for hydroxylation is 2. The summed E-state index contributed by atoms with van der Waals surface area (Å²) in [5.41, 5.74) is 5.85. The molecule has 0 aliphatic carbocycles. The molecule has 0 bridgehead atoms. The van der Waals surface area contributed by atoms with Gasteiger partial charge >= 0.3 is 0 Å². The van der Waals surface area contributed by atoms with Gasteiger partial charge in [-0.1, -0.05) is 82.1 Å². The van der Waals surface area contributed by atoms with Gasteiger partial charge in [0.25, 0.3) is 0 Å². The van der Waals surface area contributed by atoms with E-state index in [4.69, 9.17) is 0 Å². The number of hydrogen-bond acceptors (Lipinski definition) is 0. The molecular weight excluding hydrogens is 276 g/mol. The molecule has 0 heterocycles. The van der Waals surface area contributed by atoms with E-state index in [1.807, 2.05) is 0 Å². The van der Waals surface area contributed by atoms with E-state index in [2.05, 4.69) is 69.3 Å². The quantitative estimate of drug-likeness (QED) is 0.472. The molecule has 0 radical (unpaired) electrons. The number of unbranched alkanes of at least 4 members (excludes halogenated alkanes) is 2. The van der Waals surface area contributed by atoms with Crippen molar-refractivity contribution in [3.63, 3.8) is 0 Å². The van der Waals surface area contributed by atoms with E-state index in [0.29, 0.717) is 5.92 Å². The van der Waals surface area contributed by atoms with Crippen molar-refractivity contribution in [3.05, 3.63) is 70.8 Å². The Morgan fingerprint density at radius 2 is 1.00 bits per heavy atom. The minimum Gasteiger partial charge on any atom is -0.0654 e. The summed E-state index contributed by atoms with van der Waals surface area (Å²) < 4.78 is 0. The van der Waals surface area contributed by atoms with Crippen LogP contribution in [0.5, 0.6) is 0 Å². The maximum Gasteiger partial charge on any atom is 0.00867 e. The number of hydrogen-bond donors (Lipinski definition) is 0. The topological polar surface area (TPSA) is 0 Å². The fourth-order valence-corrected chi connectivity index (χ4v) is 3.26. The average molecular weight is 309 g/mol. The molecule has 0 unspecified atom stereocenters. The van der Waals surface area contributed by atoms with Crippen molar-refractivity contribution in [3.8, 4) is 0 Å². The van der Waals surface area contributed by atoms with Crippen LogP contribution in [-0.2, 0) is 12.8 Å². The highest BCUT2D eigenvalue weighted by Gasteiger charge is 2.12. The summed E-state index contributed by atoms with van der Waals surface area (Å²) in [6.45, 7) is 6.80. The van der Waals surface area contributed by atoms with E-state index in [1.54, 1.807) is 0 Å². The second kappa shape index (κ2) is 9.55. The number of rotatable bonds is 9. The minimum absolute atomic E-state index is 0.524. The smallest absolute Gasteiger partial charge is 0.00867 e. The van der Waals surface area contributed by atoms with Crippen LogP contribution >= 0.6 is 0 Å². The Labute approximate surface area is 143 Å². The second-order valence-corrected chi connectivity index (χ2v) is 6.65. The van der Waals surface area contributed by atoms with E-state index < -0.39 is 0 Å². The van der Waals surface area contributed by atoms with Crippen molar-refractivity contribution in [1.82, 2.24) is 0 Å². The molecule has 0 spiro atoms. The van der Waals surface area contributed by atoms with Crippen molar-refractivity contribution in [2.45, 2.75) is 71.6 Å². The van der Waals surface area contributed by atoms with Crippen LogP contribution in [0.2, 0.25) is 0 Å². The summed E-state index contributed by atoms with van der Waals surface area (Å²) >= 11 is 0. The molecule has 124 valence electrons. The fourth-order valence-electron chi connectivity index (χ4n) is 3.26. The first-order valence-electron chi connectivity index (χ1n) is 9.46. The van der Waals surface area contributed by atoms with Crippen LogP contribution in [-0.4, -0.2) is 0 Å². The molecule has 0 atom stereocenters. The van der Waals surface area contributed by atoms with Crippen LogP contribution in [0, 0.1) is 0 Å². The summed E-state index contributed by atoms with van der Waals surface area (Å²) in [5.74, 6) is 0.524. The lowest BCUT2D eigenvalue weighted by molar-refractivity contribution is 0.767. The Hall–Kier alpha value is -1.56. The van der Waals surface area contributed by atoms with Gasteiger partial charge in [-0.15, -0.1) is 0 Å². The molecular formula is C23H32. The van der Waals surface area contributed by atoms with Crippen molar-refractivity contribution < 1.29 is 0 Å². The second-order valence-electron chi connectivity index (χ2n) is 6.65. The van der Waals surface area contributed by atoms with Crippen molar-refractivity contribution in [1.29, 1.82) is 0 Å². The highest BCUT2D eigenvalue weighted by molar-refractivity contribution is 5.35. The molecule has 0 saturated carbocycles. The molecule has 0 saturated heterocycles. The maximum atomic E-state index is 2.34. The third-order valence-electron chi connectivity index (χ3n) is 4.81. The Kier molecular flexibility index (Phi) is 7.39. The van der Waals surface area contributed by atoms with E-state index in [0.717, 1.165) is 6.42 Å². The molecule has 0 N–H and O–H groups in total. The molecule has 23 heavy (non-hydrogen) atoms. The highest BCUT2D eigenvalue weighted by atomic mass is 14.2. The van der Waals surface area contributed by atoms with E-state index in [1.165, 1.54) is 60.8 Å². The first-order valence-corrected chi connectivity index (χ1v) is 9.46. The van der Waals surface area contributed by atoms with Gasteiger partial charge in [-0.2, -0.15) is 0 Å². The van der Waals surface area contributed by atoms with Crippen LogP contribution < -0.4 is 0 Å². The molecule has 0 nitrogen and oxygen atoms in total. The molecule has 0 aromatic heterocycles. The Morgan fingerprint density at radius 1 is 0.609 bits per heavy atom. The average Bonchev–Trinajstić information content (AvgIpc) is 2.61. The largest absolute Gasteiger partial charge is 0.0654 e. The predicted molar refractivity (Wildman–Crippen MR) is 102 cm³/mol. The van der Waals surface area contributed by atoms with Crippen LogP contribution in [0.15, 0.2) is 48.5 Å². The summed E-state index contributed by atoms with van der Waals surface area (Å²) in [6, 6.07) is 18.6. The Balaban J connectivity index is 2.09. The maximum absolute atomic E-state index is 2.34. The minimum atomic E-state index is 0.524. The molecule has 0 aliphatic rings. The lowest BCUT2D eigenvalue weighted by atomic mass is 9.88. The zero-order chi connectivity index (χ0) is 16.5. The SMILES string of the molecule is CCCCc1ccc(C(CC)c2ccc(CCCC)cc2)cc1. The highest BCUT2D eigenvalue weighted by Crippen LogP contribution is 2.28. The van der Waals surface area contributed by atoms with Crippen molar-refractivity contribution in [2.75, 3.05) is 0 Å². The molecule has 0 heteroatoms. The van der Waals surface area contributed by atoms with Gasteiger partial charge in [0, 0.05) is 5.92 Å². The summed E-state index contributed by atoms with van der Waals surface area (Å²) in [4.78, 5) is 0. The van der Waals surface area contributed by atoms with Crippen LogP contribution in [0.3, 0.4) is 0 Å². The van der Waals surface area contributed by atoms with Crippen LogP contribution in [0.4, 0.5) is 0 Å². The van der Waals surface area contributed by atoms with Gasteiger partial charge in [0.1, 0.15) is 0 Å². The van der Waals surface area contributed by atoms with Gasteiger partial charge in [0.15, 0.2) is 0 Å². The van der Waals surface area contributed by atoms with Crippen LogP contribution in [0.25, 0.3) is 0 Å². The predicted octanol–water partition coefficient (Wildman–Crippen LogP) is 6.91. The van der Waals surface area contributed by atoms with E-state index in [-0.39, 0.29) is 0 Å². The monoisotopic (exact) mass is 308 g/mol. The fraction of sp³-hybridized carbons (Fsp3) is 0.478. The van der Waals surface area contributed by atoms with Crippen LogP contribution in [0.1, 0.15) is 81.0 Å². The zero-order valence-corrected chi connectivity index (χ0v) is 15.1. The molecule has 2 rings (SSSR count). The zero-order valence-electron chi connectivity index (χ0n) is 15.1. The molecule has 0 amide bonds. The molecule has 0 aliphatic heterocycles. The van der Waals surface area contributed by atoms with Gasteiger partial charge in [-0.25, -0.2) is 0 Å². The lowest BCUT2D eigenvalue weighted by Crippen LogP contribution is -2.00. The standard InChI is InChI=1S/C23H32/c1-4-7-9-19-11-15-21(16-12-19)23(6-3)22-17-13-20(14-18-22)10-8-5-2/h11-18,23H,4-10H2,1-3H3. The van der Waals surface area contributed by atoms with Gasteiger partial charge in [-0.3, -0.25) is 0 Å². The Bertz CT molecular complexity index is 496. The van der Waals surface area contributed by atoms with Gasteiger partial charge < -0.3 is 0 Å². The molecule has 2 aromatic rings. The first-order chi connectivity index (χ1) is 11.3. The normalized spacial score (nSPS) is 11.1. The first kappa shape index (κ1) is 17.8. The lowest BCUT2D eigenvalue weighted by Gasteiger charge is -2.17. The van der Waals surface area contributed by atoms with Crippen molar-refractivity contribution in [2.24, 2.45) is 0 Å². The number of benzene rings is 2. The summed E-state index contributed by atoms with van der Waals surface area (Å²) in [5, 5.41) is 0. The van der Waals surface area contributed by atoms with Gasteiger partial charge in [0.05, 0.1) is 0 Å². The van der Waals surface area contributed by atoms with Crippen molar-refractivity contribution >= 4 is 0 Å². The summed E-state index contributed by atoms with van der Waals surface area (Å²) in [7, 11) is 0. The summed E-state index contributed by atoms with van der Waals surface area (Å²) in [6.07, 6.45) is 8.68. The third-order valence-corrected chi connectivity index (χ3v) is 4.81. The molecule has 0 fully saturated rings.